The van der Waals surface area contributed by atoms with Gasteiger partial charge in [0.25, 0.3) is 5.91 Å². The van der Waals surface area contributed by atoms with Crippen molar-refractivity contribution in [2.75, 3.05) is 19.7 Å². The van der Waals surface area contributed by atoms with Crippen LogP contribution < -0.4 is 20.1 Å². The lowest BCUT2D eigenvalue weighted by atomic mass is 9.95. The SMILES string of the molecule is CC1CCNCC1NC(=O)COc1ccc(OCc2ccccc2)cc1. The number of rotatable bonds is 7. The first-order valence-electron chi connectivity index (χ1n) is 9.10. The van der Waals surface area contributed by atoms with Gasteiger partial charge in [0.15, 0.2) is 6.61 Å². The Labute approximate surface area is 154 Å². The zero-order chi connectivity index (χ0) is 18.2. The predicted octanol–water partition coefficient (Wildman–Crippen LogP) is 2.76. The first-order valence-corrected chi connectivity index (χ1v) is 9.10. The third-order valence-electron chi connectivity index (χ3n) is 4.62. The van der Waals surface area contributed by atoms with Gasteiger partial charge in [-0.2, -0.15) is 0 Å². The molecule has 1 heterocycles. The van der Waals surface area contributed by atoms with Crippen LogP contribution in [0.1, 0.15) is 18.9 Å². The third-order valence-corrected chi connectivity index (χ3v) is 4.62. The predicted molar refractivity (Wildman–Crippen MR) is 101 cm³/mol. The summed E-state index contributed by atoms with van der Waals surface area (Å²) in [7, 11) is 0. The van der Waals surface area contributed by atoms with Crippen molar-refractivity contribution in [2.45, 2.75) is 26.0 Å². The Kier molecular flexibility index (Phi) is 6.50. The summed E-state index contributed by atoms with van der Waals surface area (Å²) in [5.41, 5.74) is 1.12. The number of ether oxygens (including phenoxy) is 2. The maximum Gasteiger partial charge on any atom is 0.258 e. The summed E-state index contributed by atoms with van der Waals surface area (Å²) in [6.07, 6.45) is 1.08. The minimum atomic E-state index is -0.0880. The second kappa shape index (κ2) is 9.25. The summed E-state index contributed by atoms with van der Waals surface area (Å²) >= 11 is 0. The average Bonchev–Trinajstić information content (AvgIpc) is 2.68. The molecule has 2 atom stereocenters. The second-order valence-electron chi connectivity index (χ2n) is 6.68. The standard InChI is InChI=1S/C21H26N2O3/c1-16-11-12-22-13-20(16)23-21(24)15-26-19-9-7-18(8-10-19)25-14-17-5-3-2-4-6-17/h2-10,16,20,22H,11-15H2,1H3,(H,23,24). The Balaban J connectivity index is 1.41. The van der Waals surface area contributed by atoms with Crippen molar-refractivity contribution in [3.05, 3.63) is 60.2 Å². The molecule has 2 unspecified atom stereocenters. The van der Waals surface area contributed by atoms with E-state index in [0.29, 0.717) is 18.3 Å². The monoisotopic (exact) mass is 354 g/mol. The number of benzene rings is 2. The van der Waals surface area contributed by atoms with Gasteiger partial charge in [0.1, 0.15) is 18.1 Å². The van der Waals surface area contributed by atoms with Crippen molar-refractivity contribution in [1.82, 2.24) is 10.6 Å². The van der Waals surface area contributed by atoms with Gasteiger partial charge in [0, 0.05) is 12.6 Å². The molecule has 5 nitrogen and oxygen atoms in total. The Morgan fingerprint density at radius 2 is 1.77 bits per heavy atom. The van der Waals surface area contributed by atoms with Crippen molar-refractivity contribution in [2.24, 2.45) is 5.92 Å². The number of piperidine rings is 1. The Morgan fingerprint density at radius 3 is 2.46 bits per heavy atom. The van der Waals surface area contributed by atoms with Crippen LogP contribution >= 0.6 is 0 Å². The molecule has 26 heavy (non-hydrogen) atoms. The van der Waals surface area contributed by atoms with Crippen LogP contribution in [0.25, 0.3) is 0 Å². The highest BCUT2D eigenvalue weighted by Gasteiger charge is 2.22. The van der Waals surface area contributed by atoms with Crippen LogP contribution in [0.15, 0.2) is 54.6 Å². The van der Waals surface area contributed by atoms with E-state index in [2.05, 4.69) is 17.6 Å². The molecule has 1 fully saturated rings. The van der Waals surface area contributed by atoms with Gasteiger partial charge in [-0.05, 0) is 48.7 Å². The maximum absolute atomic E-state index is 12.1. The van der Waals surface area contributed by atoms with E-state index in [1.165, 1.54) is 0 Å². The van der Waals surface area contributed by atoms with Crippen LogP contribution in [-0.2, 0) is 11.4 Å². The normalized spacial score (nSPS) is 19.6. The summed E-state index contributed by atoms with van der Waals surface area (Å²) < 4.78 is 11.3. The molecule has 0 bridgehead atoms. The topological polar surface area (TPSA) is 59.6 Å². The van der Waals surface area contributed by atoms with Gasteiger partial charge in [-0.3, -0.25) is 4.79 Å². The van der Waals surface area contributed by atoms with Gasteiger partial charge < -0.3 is 20.1 Å². The third kappa shape index (κ3) is 5.49. The van der Waals surface area contributed by atoms with Crippen molar-refractivity contribution in [3.8, 4) is 11.5 Å². The van der Waals surface area contributed by atoms with Gasteiger partial charge >= 0.3 is 0 Å². The minimum Gasteiger partial charge on any atom is -0.489 e. The van der Waals surface area contributed by atoms with Crippen molar-refractivity contribution in [1.29, 1.82) is 0 Å². The lowest BCUT2D eigenvalue weighted by Gasteiger charge is -2.30. The van der Waals surface area contributed by atoms with Crippen LogP contribution in [0.4, 0.5) is 0 Å². The van der Waals surface area contributed by atoms with Crippen LogP contribution in [0.3, 0.4) is 0 Å². The van der Waals surface area contributed by atoms with Gasteiger partial charge in [0.2, 0.25) is 0 Å². The molecule has 2 N–H and O–H groups in total. The molecular formula is C21H26N2O3. The molecule has 1 saturated heterocycles. The van der Waals surface area contributed by atoms with Gasteiger partial charge in [0.05, 0.1) is 0 Å². The Morgan fingerprint density at radius 1 is 1.08 bits per heavy atom. The van der Waals surface area contributed by atoms with E-state index in [-0.39, 0.29) is 18.6 Å². The molecule has 2 aromatic rings. The quantitative estimate of drug-likeness (QED) is 0.803. The average molecular weight is 354 g/mol. The number of carbonyl (C=O) groups is 1. The van der Waals surface area contributed by atoms with Gasteiger partial charge in [-0.25, -0.2) is 0 Å². The number of hydrogen-bond donors (Lipinski definition) is 2. The highest BCUT2D eigenvalue weighted by atomic mass is 16.5. The van der Waals surface area contributed by atoms with E-state index in [9.17, 15) is 4.79 Å². The molecule has 5 heteroatoms. The van der Waals surface area contributed by atoms with E-state index < -0.39 is 0 Å². The molecule has 1 amide bonds. The van der Waals surface area contributed by atoms with Crippen molar-refractivity contribution >= 4 is 5.91 Å². The maximum atomic E-state index is 12.1. The van der Waals surface area contributed by atoms with Crippen LogP contribution in [0, 0.1) is 5.92 Å². The molecule has 0 saturated carbocycles. The van der Waals surface area contributed by atoms with Crippen LogP contribution in [-0.4, -0.2) is 31.6 Å². The van der Waals surface area contributed by atoms with Crippen molar-refractivity contribution in [3.63, 3.8) is 0 Å². The summed E-state index contributed by atoms with van der Waals surface area (Å²) in [4.78, 5) is 12.1. The number of nitrogens with one attached hydrogen (secondary N) is 2. The number of carbonyl (C=O) groups excluding carboxylic acids is 1. The van der Waals surface area contributed by atoms with Crippen LogP contribution in [0.5, 0.6) is 11.5 Å². The molecule has 0 radical (unpaired) electrons. The molecule has 3 rings (SSSR count). The molecular weight excluding hydrogens is 328 g/mol. The Hall–Kier alpha value is -2.53. The molecule has 1 aliphatic heterocycles. The molecule has 2 aromatic carbocycles. The van der Waals surface area contributed by atoms with Crippen LogP contribution in [0.2, 0.25) is 0 Å². The highest BCUT2D eigenvalue weighted by molar-refractivity contribution is 5.77. The van der Waals surface area contributed by atoms with Gasteiger partial charge in [-0.15, -0.1) is 0 Å². The number of amides is 1. The number of hydrogen-bond acceptors (Lipinski definition) is 4. The molecule has 1 aliphatic rings. The zero-order valence-corrected chi connectivity index (χ0v) is 15.1. The fourth-order valence-electron chi connectivity index (χ4n) is 2.95. The van der Waals surface area contributed by atoms with E-state index in [0.717, 1.165) is 30.8 Å². The summed E-state index contributed by atoms with van der Waals surface area (Å²) in [6, 6.07) is 17.5. The molecule has 0 spiro atoms. The first kappa shape index (κ1) is 18.3. The van der Waals surface area contributed by atoms with E-state index in [1.807, 2.05) is 54.6 Å². The lowest BCUT2D eigenvalue weighted by Crippen LogP contribution is -2.51. The lowest BCUT2D eigenvalue weighted by molar-refractivity contribution is -0.124. The zero-order valence-electron chi connectivity index (χ0n) is 15.1. The summed E-state index contributed by atoms with van der Waals surface area (Å²) in [6.45, 7) is 4.55. The smallest absolute Gasteiger partial charge is 0.258 e. The summed E-state index contributed by atoms with van der Waals surface area (Å²) in [5.74, 6) is 1.82. The first-order chi connectivity index (χ1) is 12.7. The molecule has 138 valence electrons. The van der Waals surface area contributed by atoms with E-state index in [4.69, 9.17) is 9.47 Å². The fourth-order valence-corrected chi connectivity index (χ4v) is 2.95. The Bertz CT molecular complexity index is 688. The van der Waals surface area contributed by atoms with Gasteiger partial charge in [-0.1, -0.05) is 37.3 Å². The largest absolute Gasteiger partial charge is 0.489 e. The fraction of sp³-hybridized carbons (Fsp3) is 0.381. The van der Waals surface area contributed by atoms with E-state index >= 15 is 0 Å². The second-order valence-corrected chi connectivity index (χ2v) is 6.68. The highest BCUT2D eigenvalue weighted by Crippen LogP contribution is 2.19. The summed E-state index contributed by atoms with van der Waals surface area (Å²) in [5, 5.41) is 6.34. The molecule has 0 aliphatic carbocycles. The van der Waals surface area contributed by atoms with Crippen molar-refractivity contribution < 1.29 is 14.3 Å². The van der Waals surface area contributed by atoms with E-state index in [1.54, 1.807) is 0 Å². The molecule has 0 aromatic heterocycles. The minimum absolute atomic E-state index is 0.0213.